The summed E-state index contributed by atoms with van der Waals surface area (Å²) >= 11 is 10.6. The molecule has 0 fully saturated rings. The van der Waals surface area contributed by atoms with E-state index >= 15 is 0 Å². The van der Waals surface area contributed by atoms with Crippen LogP contribution in [-0.4, -0.2) is 16.0 Å². The fraction of sp³-hybridized carbons (Fsp3) is 0.550. The molecular weight excluding hydrogens is 1000 g/mol. The predicted octanol–water partition coefficient (Wildman–Crippen LogP) is 15.7. The van der Waals surface area contributed by atoms with Gasteiger partial charge in [-0.1, -0.05) is 103 Å². The predicted molar refractivity (Wildman–Crippen MR) is 294 cm³/mol. The summed E-state index contributed by atoms with van der Waals surface area (Å²) in [4.78, 5) is 0. The Morgan fingerprint density at radius 3 is 0.667 bits per heavy atom. The summed E-state index contributed by atoms with van der Waals surface area (Å²) in [6, 6.07) is 28.2. The second kappa shape index (κ2) is 35.4. The van der Waals surface area contributed by atoms with Gasteiger partial charge in [0.1, 0.15) is 19.6 Å². The first-order chi connectivity index (χ1) is 32.3. The second-order valence-corrected chi connectivity index (χ2v) is 21.5. The number of nitrogens with zero attached hydrogens (tertiary/aromatic N) is 3. The van der Waals surface area contributed by atoms with E-state index in [0.717, 1.165) is 35.6 Å². The lowest BCUT2D eigenvalue weighted by Gasteiger charge is -2.11. The third-order valence-electron chi connectivity index (χ3n) is 12.8. The average molecular weight is 1090 g/mol. The molecule has 6 heteroatoms. The highest BCUT2D eigenvalue weighted by molar-refractivity contribution is 9.09. The number of aryl methyl sites for hydroxylation is 12. The molecular formula is C60H87Br3N3+3. The van der Waals surface area contributed by atoms with E-state index in [0.29, 0.717) is 0 Å². The van der Waals surface area contributed by atoms with Crippen LogP contribution < -0.4 is 13.7 Å². The van der Waals surface area contributed by atoms with Crippen LogP contribution in [0.1, 0.15) is 166 Å². The van der Waals surface area contributed by atoms with Gasteiger partial charge in [-0.15, -0.1) is 0 Å². The molecule has 0 unspecified atom stereocenters. The minimum atomic E-state index is 1.12. The minimum Gasteiger partial charge on any atom is -0.205 e. The van der Waals surface area contributed by atoms with Crippen LogP contribution in [-0.2, 0) is 58.2 Å². The Balaban J connectivity index is 0.000000338. The molecule has 0 N–H and O–H groups in total. The zero-order valence-electron chi connectivity index (χ0n) is 41.6. The molecule has 0 bridgehead atoms. The van der Waals surface area contributed by atoms with Crippen molar-refractivity contribution in [1.29, 1.82) is 0 Å². The van der Waals surface area contributed by atoms with Gasteiger partial charge < -0.3 is 0 Å². The maximum absolute atomic E-state index is 3.53. The van der Waals surface area contributed by atoms with Crippen LogP contribution in [0.2, 0.25) is 0 Å². The molecule has 66 heavy (non-hydrogen) atoms. The van der Waals surface area contributed by atoms with Crippen molar-refractivity contribution in [2.75, 3.05) is 16.0 Å². The summed E-state index contributed by atoms with van der Waals surface area (Å²) in [5, 5.41) is 3.41. The number of unbranched alkanes of at least 4 members (excludes halogenated alkanes) is 12. The first kappa shape index (κ1) is 55.9. The zero-order valence-corrected chi connectivity index (χ0v) is 46.3. The lowest BCUT2D eigenvalue weighted by Crippen LogP contribution is -2.32. The highest BCUT2D eigenvalue weighted by atomic mass is 79.9. The third kappa shape index (κ3) is 25.6. The van der Waals surface area contributed by atoms with Gasteiger partial charge in [0.15, 0.2) is 37.2 Å². The molecule has 360 valence electrons. The number of alkyl halides is 3. The molecule has 3 heterocycles. The molecule has 2 aromatic carbocycles. The molecule has 0 aliphatic rings. The molecule has 0 amide bonds. The van der Waals surface area contributed by atoms with Gasteiger partial charge in [-0.05, 0) is 186 Å². The van der Waals surface area contributed by atoms with Crippen molar-refractivity contribution in [2.45, 2.75) is 195 Å². The van der Waals surface area contributed by atoms with E-state index in [1.165, 1.54) is 171 Å². The van der Waals surface area contributed by atoms with Crippen LogP contribution in [0.25, 0.3) is 0 Å². The molecule has 5 rings (SSSR count). The SMILES string of the molecule is BrCCCCCc1cc(CCCCCBr)cc(CCCCCBr)c1.Cc1cc[n+](CCCCCc2cc(CCCCC[n+]3ccc(C)cc3)cc(CCCCC[n+]3ccc(C)cc3)c2)cc1. The van der Waals surface area contributed by atoms with E-state index in [1.54, 1.807) is 33.4 Å². The van der Waals surface area contributed by atoms with Gasteiger partial charge in [0, 0.05) is 71.7 Å². The van der Waals surface area contributed by atoms with E-state index in [9.17, 15) is 0 Å². The molecule has 5 aromatic rings. The average Bonchev–Trinajstić information content (AvgIpc) is 3.32. The van der Waals surface area contributed by atoms with E-state index in [1.807, 2.05) is 0 Å². The Labute approximate surface area is 429 Å². The fourth-order valence-electron chi connectivity index (χ4n) is 8.79. The van der Waals surface area contributed by atoms with Gasteiger partial charge in [-0.25, -0.2) is 13.7 Å². The summed E-state index contributed by atoms with van der Waals surface area (Å²) in [5.74, 6) is 0. The van der Waals surface area contributed by atoms with Crippen molar-refractivity contribution in [1.82, 2.24) is 0 Å². The number of benzene rings is 2. The van der Waals surface area contributed by atoms with Crippen molar-refractivity contribution < 1.29 is 13.7 Å². The topological polar surface area (TPSA) is 11.6 Å². The minimum absolute atomic E-state index is 1.12. The molecule has 3 nitrogen and oxygen atoms in total. The maximum Gasteiger partial charge on any atom is 0.169 e. The Hall–Kier alpha value is -2.67. The van der Waals surface area contributed by atoms with Crippen molar-refractivity contribution in [3.8, 4) is 0 Å². The van der Waals surface area contributed by atoms with Crippen molar-refractivity contribution in [2.24, 2.45) is 0 Å². The Morgan fingerprint density at radius 2 is 0.470 bits per heavy atom. The third-order valence-corrected chi connectivity index (χ3v) is 14.5. The summed E-state index contributed by atoms with van der Waals surface area (Å²) in [6.45, 7) is 9.82. The van der Waals surface area contributed by atoms with Crippen molar-refractivity contribution >= 4 is 47.8 Å². The van der Waals surface area contributed by atoms with E-state index in [-0.39, 0.29) is 0 Å². The molecule has 0 saturated heterocycles. The van der Waals surface area contributed by atoms with Crippen LogP contribution in [0.5, 0.6) is 0 Å². The van der Waals surface area contributed by atoms with Gasteiger partial charge >= 0.3 is 0 Å². The summed E-state index contributed by atoms with van der Waals surface area (Å²) < 4.78 is 6.96. The quantitative estimate of drug-likeness (QED) is 0.0225. The highest BCUT2D eigenvalue weighted by Gasteiger charge is 2.08. The highest BCUT2D eigenvalue weighted by Crippen LogP contribution is 2.20. The van der Waals surface area contributed by atoms with Gasteiger partial charge in [0.2, 0.25) is 0 Å². The number of pyridine rings is 3. The van der Waals surface area contributed by atoms with Crippen molar-refractivity contribution in [3.05, 3.63) is 160 Å². The Bertz CT molecular complexity index is 1730. The molecule has 3 aromatic heterocycles. The summed E-state index contributed by atoms with van der Waals surface area (Å²) in [5.41, 5.74) is 13.4. The molecule has 0 spiro atoms. The summed E-state index contributed by atoms with van der Waals surface area (Å²) in [7, 11) is 0. The van der Waals surface area contributed by atoms with Crippen LogP contribution in [0, 0.1) is 20.8 Å². The van der Waals surface area contributed by atoms with Crippen molar-refractivity contribution in [3.63, 3.8) is 0 Å². The number of aromatic nitrogens is 3. The Kier molecular flexibility index (Phi) is 30.0. The number of hydrogen-bond donors (Lipinski definition) is 0. The van der Waals surface area contributed by atoms with Gasteiger partial charge in [-0.2, -0.15) is 0 Å². The molecule has 0 aliphatic carbocycles. The molecule has 0 saturated carbocycles. The van der Waals surface area contributed by atoms with E-state index < -0.39 is 0 Å². The lowest BCUT2D eigenvalue weighted by atomic mass is 9.95. The van der Waals surface area contributed by atoms with Crippen LogP contribution in [0.3, 0.4) is 0 Å². The van der Waals surface area contributed by atoms with Gasteiger partial charge in [-0.3, -0.25) is 0 Å². The number of rotatable bonds is 33. The van der Waals surface area contributed by atoms with Crippen LogP contribution in [0.4, 0.5) is 0 Å². The van der Waals surface area contributed by atoms with E-state index in [2.05, 4.69) is 192 Å². The lowest BCUT2D eigenvalue weighted by molar-refractivity contribution is -0.697. The van der Waals surface area contributed by atoms with Crippen LogP contribution >= 0.6 is 47.8 Å². The first-order valence-corrected chi connectivity index (χ1v) is 29.5. The summed E-state index contributed by atoms with van der Waals surface area (Å²) in [6.07, 6.45) is 43.9. The second-order valence-electron chi connectivity index (χ2n) is 19.1. The number of hydrogen-bond acceptors (Lipinski definition) is 0. The molecule has 0 aliphatic heterocycles. The maximum atomic E-state index is 3.53. The van der Waals surface area contributed by atoms with E-state index in [4.69, 9.17) is 0 Å². The molecule has 0 radical (unpaired) electrons. The standard InChI is InChI=1S/C39H54N3.C21H33Br3/c1-34-16-25-40(26-17-34)22-10-4-7-13-37-31-38(14-8-5-11-23-41-27-18-35(2)19-28-41)33-39(32-37)15-9-6-12-24-42-29-20-36(3)21-30-42;22-13-7-1-4-10-19-16-20(11-5-2-8-14-23)18-21(17-19)12-6-3-9-15-24/h16-21,25-33H,4-15,22-24H2,1-3H3;16-18H,1-15H2/q+3;. The molecule has 0 atom stereocenters. The first-order valence-electron chi connectivity index (χ1n) is 26.1. The number of halogens is 3. The zero-order chi connectivity index (χ0) is 46.9. The normalized spacial score (nSPS) is 11.2. The monoisotopic (exact) mass is 1090 g/mol. The van der Waals surface area contributed by atoms with Crippen LogP contribution in [0.15, 0.2) is 110 Å². The Morgan fingerprint density at radius 1 is 0.273 bits per heavy atom. The van der Waals surface area contributed by atoms with Gasteiger partial charge in [0.05, 0.1) is 0 Å². The smallest absolute Gasteiger partial charge is 0.169 e. The van der Waals surface area contributed by atoms with Gasteiger partial charge in [0.25, 0.3) is 0 Å². The largest absolute Gasteiger partial charge is 0.205 e. The fourth-order valence-corrected chi connectivity index (χ4v) is 9.98.